The zero-order chi connectivity index (χ0) is 10.8. The number of carbonyl (C=O) groups excluding carboxylic acids is 2. The van der Waals surface area contributed by atoms with Gasteiger partial charge in [0.1, 0.15) is 12.1 Å². The van der Waals surface area contributed by atoms with Gasteiger partial charge in [0.2, 0.25) is 5.91 Å². The number of pyridine rings is 1. The van der Waals surface area contributed by atoms with Gasteiger partial charge < -0.3 is 5.32 Å². The van der Waals surface area contributed by atoms with E-state index < -0.39 is 0 Å². The monoisotopic (exact) mass is 204 g/mol. The molecule has 2 rings (SSSR count). The van der Waals surface area contributed by atoms with E-state index in [-0.39, 0.29) is 11.8 Å². The van der Waals surface area contributed by atoms with Gasteiger partial charge in [-0.25, -0.2) is 4.98 Å². The van der Waals surface area contributed by atoms with E-state index in [2.05, 4.69) is 10.3 Å². The van der Waals surface area contributed by atoms with Crippen LogP contribution in [0.1, 0.15) is 28.9 Å². The van der Waals surface area contributed by atoms with Crippen LogP contribution in [-0.4, -0.2) is 17.2 Å². The van der Waals surface area contributed by atoms with Gasteiger partial charge in [-0.1, -0.05) is 0 Å². The lowest BCUT2D eigenvalue weighted by molar-refractivity contribution is -0.117. The Morgan fingerprint density at radius 2 is 2.27 bits per heavy atom. The van der Waals surface area contributed by atoms with Crippen LogP contribution in [0.3, 0.4) is 0 Å². The Hall–Kier alpha value is -1.71. The summed E-state index contributed by atoms with van der Waals surface area (Å²) >= 11 is 0. The van der Waals surface area contributed by atoms with Crippen molar-refractivity contribution in [3.8, 4) is 0 Å². The molecule has 4 heteroatoms. The summed E-state index contributed by atoms with van der Waals surface area (Å²) in [6.07, 6.45) is 2.66. The molecule has 0 bridgehead atoms. The largest absolute Gasteiger partial charge is 0.310 e. The lowest BCUT2D eigenvalue weighted by Gasteiger charge is -2.04. The minimum Gasteiger partial charge on any atom is -0.310 e. The maximum absolute atomic E-state index is 11.4. The molecule has 1 amide bonds. The van der Waals surface area contributed by atoms with Gasteiger partial charge in [0.05, 0.1) is 0 Å². The number of nitrogens with one attached hydrogen (secondary N) is 1. The molecule has 1 saturated carbocycles. The molecule has 0 unspecified atom stereocenters. The predicted molar refractivity (Wildman–Crippen MR) is 55.7 cm³/mol. The first-order valence-corrected chi connectivity index (χ1v) is 4.94. The summed E-state index contributed by atoms with van der Waals surface area (Å²) in [5.74, 6) is 0.617. The molecule has 15 heavy (non-hydrogen) atoms. The summed E-state index contributed by atoms with van der Waals surface area (Å²) in [7, 11) is 0. The maximum Gasteiger partial charge on any atom is 0.228 e. The van der Waals surface area contributed by atoms with E-state index in [1.54, 1.807) is 19.1 Å². The molecule has 4 nitrogen and oxygen atoms in total. The van der Waals surface area contributed by atoms with Crippen molar-refractivity contribution < 1.29 is 9.59 Å². The first-order chi connectivity index (χ1) is 7.19. The molecule has 1 fully saturated rings. The lowest BCUT2D eigenvalue weighted by atomic mass is 10.2. The minimum atomic E-state index is 0.00458. The second-order valence-electron chi connectivity index (χ2n) is 3.81. The molecule has 0 aliphatic heterocycles. The van der Waals surface area contributed by atoms with Crippen molar-refractivity contribution >= 4 is 18.0 Å². The smallest absolute Gasteiger partial charge is 0.228 e. The number of anilines is 1. The molecular weight excluding hydrogens is 192 g/mol. The third kappa shape index (κ3) is 2.40. The fourth-order valence-corrected chi connectivity index (χ4v) is 1.40. The number of aromatic nitrogens is 1. The Kier molecular flexibility index (Phi) is 2.49. The van der Waals surface area contributed by atoms with Gasteiger partial charge in [-0.3, -0.25) is 9.59 Å². The Morgan fingerprint density at radius 1 is 1.53 bits per heavy atom. The molecule has 1 aliphatic rings. The first-order valence-electron chi connectivity index (χ1n) is 4.94. The third-order valence-electron chi connectivity index (χ3n) is 2.31. The number of aldehydes is 1. The average molecular weight is 204 g/mol. The second kappa shape index (κ2) is 3.81. The summed E-state index contributed by atoms with van der Waals surface area (Å²) in [4.78, 5) is 26.2. The average Bonchev–Trinajstić information content (AvgIpc) is 2.99. The van der Waals surface area contributed by atoms with Crippen LogP contribution in [-0.2, 0) is 4.79 Å². The van der Waals surface area contributed by atoms with Crippen LogP contribution in [0.5, 0.6) is 0 Å². The number of nitrogens with zero attached hydrogens (tertiary/aromatic N) is 1. The van der Waals surface area contributed by atoms with Crippen LogP contribution in [0.25, 0.3) is 0 Å². The number of aryl methyl sites for hydroxylation is 1. The highest BCUT2D eigenvalue weighted by molar-refractivity contribution is 5.93. The van der Waals surface area contributed by atoms with Gasteiger partial charge in [0.15, 0.2) is 0 Å². The second-order valence-corrected chi connectivity index (χ2v) is 3.81. The standard InChI is InChI=1S/C11H12N2O2/c1-7-4-8(6-14)5-10(12-7)13-11(15)9-2-3-9/h4-6,9H,2-3H2,1H3,(H,12,13,15). The number of rotatable bonds is 3. The van der Waals surface area contributed by atoms with E-state index in [0.29, 0.717) is 11.4 Å². The van der Waals surface area contributed by atoms with Crippen LogP contribution >= 0.6 is 0 Å². The van der Waals surface area contributed by atoms with Gasteiger partial charge >= 0.3 is 0 Å². The fraction of sp³-hybridized carbons (Fsp3) is 0.364. The van der Waals surface area contributed by atoms with Crippen molar-refractivity contribution in [1.82, 2.24) is 4.98 Å². The quantitative estimate of drug-likeness (QED) is 0.760. The predicted octanol–water partition coefficient (Wildman–Crippen LogP) is 1.55. The molecule has 0 spiro atoms. The van der Waals surface area contributed by atoms with E-state index in [1.807, 2.05) is 0 Å². The van der Waals surface area contributed by atoms with Crippen LogP contribution in [0.15, 0.2) is 12.1 Å². The molecule has 1 aliphatic carbocycles. The molecule has 0 saturated heterocycles. The van der Waals surface area contributed by atoms with Gasteiger partial charge in [-0.2, -0.15) is 0 Å². The Morgan fingerprint density at radius 3 is 2.87 bits per heavy atom. The highest BCUT2D eigenvalue weighted by atomic mass is 16.2. The maximum atomic E-state index is 11.4. The van der Waals surface area contributed by atoms with Gasteiger partial charge in [-0.05, 0) is 31.9 Å². The summed E-state index contributed by atoms with van der Waals surface area (Å²) < 4.78 is 0. The molecule has 1 N–H and O–H groups in total. The van der Waals surface area contributed by atoms with Gasteiger partial charge in [-0.15, -0.1) is 0 Å². The van der Waals surface area contributed by atoms with Crippen molar-refractivity contribution in [2.45, 2.75) is 19.8 Å². The van der Waals surface area contributed by atoms with Crippen molar-refractivity contribution in [3.05, 3.63) is 23.4 Å². The van der Waals surface area contributed by atoms with Crippen LogP contribution in [0.2, 0.25) is 0 Å². The summed E-state index contributed by atoms with van der Waals surface area (Å²) in [6, 6.07) is 3.26. The molecule has 0 atom stereocenters. The van der Waals surface area contributed by atoms with Crippen molar-refractivity contribution in [1.29, 1.82) is 0 Å². The van der Waals surface area contributed by atoms with E-state index >= 15 is 0 Å². The fourth-order valence-electron chi connectivity index (χ4n) is 1.40. The van der Waals surface area contributed by atoms with Gasteiger partial charge in [0, 0.05) is 17.2 Å². The molecule has 1 aromatic rings. The van der Waals surface area contributed by atoms with E-state index in [0.717, 1.165) is 24.8 Å². The SMILES string of the molecule is Cc1cc(C=O)cc(NC(=O)C2CC2)n1. The molecule has 0 aromatic carbocycles. The summed E-state index contributed by atoms with van der Waals surface area (Å²) in [5.41, 5.74) is 1.26. The molecule has 0 radical (unpaired) electrons. The highest BCUT2D eigenvalue weighted by Gasteiger charge is 2.29. The van der Waals surface area contributed by atoms with Crippen molar-refractivity contribution in [2.75, 3.05) is 5.32 Å². The minimum absolute atomic E-state index is 0.00458. The number of hydrogen-bond acceptors (Lipinski definition) is 3. The highest BCUT2D eigenvalue weighted by Crippen LogP contribution is 2.29. The van der Waals surface area contributed by atoms with Gasteiger partial charge in [0.25, 0.3) is 0 Å². The van der Waals surface area contributed by atoms with Crippen LogP contribution in [0, 0.1) is 12.8 Å². The topological polar surface area (TPSA) is 59.1 Å². The zero-order valence-electron chi connectivity index (χ0n) is 8.49. The molecule has 1 heterocycles. The van der Waals surface area contributed by atoms with Crippen molar-refractivity contribution in [3.63, 3.8) is 0 Å². The van der Waals surface area contributed by atoms with Crippen LogP contribution in [0.4, 0.5) is 5.82 Å². The molecule has 1 aromatic heterocycles. The molecular formula is C11H12N2O2. The van der Waals surface area contributed by atoms with E-state index in [9.17, 15) is 9.59 Å². The number of amides is 1. The van der Waals surface area contributed by atoms with E-state index in [1.165, 1.54) is 0 Å². The number of carbonyl (C=O) groups is 2. The Balaban J connectivity index is 2.15. The summed E-state index contributed by atoms with van der Waals surface area (Å²) in [5, 5.41) is 2.71. The zero-order valence-corrected chi connectivity index (χ0v) is 8.49. The molecule has 78 valence electrons. The number of hydrogen-bond donors (Lipinski definition) is 1. The van der Waals surface area contributed by atoms with E-state index in [4.69, 9.17) is 0 Å². The Bertz CT molecular complexity index is 411. The summed E-state index contributed by atoms with van der Waals surface area (Å²) in [6.45, 7) is 1.79. The first kappa shape index (κ1) is 9.83. The Labute approximate surface area is 87.7 Å². The normalized spacial score (nSPS) is 14.7. The van der Waals surface area contributed by atoms with Crippen LogP contribution < -0.4 is 5.32 Å². The third-order valence-corrected chi connectivity index (χ3v) is 2.31. The van der Waals surface area contributed by atoms with Crippen molar-refractivity contribution in [2.24, 2.45) is 5.92 Å². The lowest BCUT2D eigenvalue weighted by Crippen LogP contribution is -2.14.